The minimum absolute atomic E-state index is 0.0376. The van der Waals surface area contributed by atoms with E-state index in [4.69, 9.17) is 5.73 Å². The van der Waals surface area contributed by atoms with Crippen LogP contribution in [-0.2, 0) is 4.79 Å². The lowest BCUT2D eigenvalue weighted by molar-refractivity contribution is -0.119. The van der Waals surface area contributed by atoms with Crippen molar-refractivity contribution in [2.75, 3.05) is 6.54 Å². The van der Waals surface area contributed by atoms with Crippen molar-refractivity contribution in [1.29, 1.82) is 0 Å². The summed E-state index contributed by atoms with van der Waals surface area (Å²) < 4.78 is 0. The molecule has 0 radical (unpaired) electrons. The number of nitrogens with two attached hydrogens (primary N) is 1. The zero-order valence-corrected chi connectivity index (χ0v) is 5.55. The zero-order chi connectivity index (χ0) is 6.85. The first-order valence-electron chi connectivity index (χ1n) is 3.23. The van der Waals surface area contributed by atoms with Crippen LogP contribution in [0.1, 0.15) is 13.3 Å². The van der Waals surface area contributed by atoms with Crippen LogP contribution in [0.2, 0.25) is 0 Å². The first kappa shape index (κ1) is 6.55. The van der Waals surface area contributed by atoms with Crippen LogP contribution < -0.4 is 11.1 Å². The first-order chi connectivity index (χ1) is 4.24. The molecule has 52 valence electrons. The van der Waals surface area contributed by atoms with Gasteiger partial charge < -0.3 is 11.1 Å². The maximum absolute atomic E-state index is 10.6. The van der Waals surface area contributed by atoms with Crippen molar-refractivity contribution >= 4 is 5.91 Å². The van der Waals surface area contributed by atoms with E-state index >= 15 is 0 Å². The number of hydrogen-bond acceptors (Lipinski definition) is 2. The second-order valence-electron chi connectivity index (χ2n) is 2.59. The normalized spacial score (nSPS) is 31.8. The number of nitrogens with one attached hydrogen (secondary N) is 1. The lowest BCUT2D eigenvalue weighted by Gasteiger charge is -1.98. The van der Waals surface area contributed by atoms with Crippen LogP contribution >= 0.6 is 0 Å². The van der Waals surface area contributed by atoms with Crippen molar-refractivity contribution in [1.82, 2.24) is 5.32 Å². The van der Waals surface area contributed by atoms with Crippen LogP contribution in [0.4, 0.5) is 0 Å². The van der Waals surface area contributed by atoms with Gasteiger partial charge in [-0.05, 0) is 12.3 Å². The Morgan fingerprint density at radius 1 is 1.89 bits per heavy atom. The lowest BCUT2D eigenvalue weighted by atomic mass is 10.4. The van der Waals surface area contributed by atoms with Gasteiger partial charge in [0.15, 0.2) is 0 Å². The molecule has 0 aromatic rings. The van der Waals surface area contributed by atoms with Gasteiger partial charge in [-0.3, -0.25) is 4.79 Å². The average Bonchev–Trinajstić information content (AvgIpc) is 2.47. The van der Waals surface area contributed by atoms with Crippen LogP contribution in [-0.4, -0.2) is 18.5 Å². The molecule has 2 atom stereocenters. The van der Waals surface area contributed by atoms with E-state index in [2.05, 4.69) is 12.2 Å². The van der Waals surface area contributed by atoms with Crippen molar-refractivity contribution in [3.05, 3.63) is 0 Å². The molecule has 2 unspecified atom stereocenters. The van der Waals surface area contributed by atoms with E-state index in [9.17, 15) is 4.79 Å². The van der Waals surface area contributed by atoms with Gasteiger partial charge in [-0.1, -0.05) is 6.92 Å². The summed E-state index contributed by atoms with van der Waals surface area (Å²) in [6, 6.07) is 0.418. The number of carbonyl (C=O) groups is 1. The Morgan fingerprint density at radius 3 is 2.78 bits per heavy atom. The summed E-state index contributed by atoms with van der Waals surface area (Å²) in [6.45, 7) is 2.23. The SMILES string of the molecule is CC1CC1NC(=O)CN. The minimum Gasteiger partial charge on any atom is -0.352 e. The third-order valence-corrected chi connectivity index (χ3v) is 1.64. The molecule has 0 aromatic carbocycles. The Balaban J connectivity index is 2.12. The summed E-state index contributed by atoms with van der Waals surface area (Å²) in [5.41, 5.74) is 5.08. The third-order valence-electron chi connectivity index (χ3n) is 1.64. The predicted octanol–water partition coefficient (Wildman–Crippen LogP) is -0.530. The summed E-state index contributed by atoms with van der Waals surface area (Å²) in [7, 11) is 0. The largest absolute Gasteiger partial charge is 0.352 e. The van der Waals surface area contributed by atoms with Crippen LogP contribution in [0.25, 0.3) is 0 Å². The number of hydrogen-bond donors (Lipinski definition) is 2. The minimum atomic E-state index is -0.0376. The molecule has 0 bridgehead atoms. The summed E-state index contributed by atoms with van der Waals surface area (Å²) in [5.74, 6) is 0.629. The molecule has 1 aliphatic carbocycles. The second kappa shape index (κ2) is 2.35. The van der Waals surface area contributed by atoms with Crippen LogP contribution in [0.5, 0.6) is 0 Å². The standard InChI is InChI=1S/C6H12N2O/c1-4-2-5(4)8-6(9)3-7/h4-5H,2-3,7H2,1H3,(H,8,9). The number of amides is 1. The van der Waals surface area contributed by atoms with Crippen LogP contribution in [0.15, 0.2) is 0 Å². The molecule has 1 amide bonds. The predicted molar refractivity (Wildman–Crippen MR) is 34.8 cm³/mol. The van der Waals surface area contributed by atoms with Gasteiger partial charge in [0.1, 0.15) is 0 Å². The highest BCUT2D eigenvalue weighted by atomic mass is 16.1. The number of rotatable bonds is 2. The van der Waals surface area contributed by atoms with Gasteiger partial charge in [-0.15, -0.1) is 0 Å². The molecule has 3 N–H and O–H groups in total. The maximum Gasteiger partial charge on any atom is 0.233 e. The van der Waals surface area contributed by atoms with Crippen molar-refractivity contribution in [3.8, 4) is 0 Å². The van der Waals surface area contributed by atoms with Crippen molar-refractivity contribution in [2.45, 2.75) is 19.4 Å². The highest BCUT2D eigenvalue weighted by Crippen LogP contribution is 2.28. The third kappa shape index (κ3) is 1.68. The molecule has 1 fully saturated rings. The second-order valence-corrected chi connectivity index (χ2v) is 2.59. The molecule has 0 aliphatic heterocycles. The van der Waals surface area contributed by atoms with Crippen LogP contribution in [0.3, 0.4) is 0 Å². The van der Waals surface area contributed by atoms with Crippen molar-refractivity contribution in [2.24, 2.45) is 11.7 Å². The van der Waals surface area contributed by atoms with E-state index in [1.165, 1.54) is 0 Å². The Hall–Kier alpha value is -0.570. The van der Waals surface area contributed by atoms with E-state index < -0.39 is 0 Å². The zero-order valence-electron chi connectivity index (χ0n) is 5.55. The van der Waals surface area contributed by atoms with E-state index in [1.54, 1.807) is 0 Å². The summed E-state index contributed by atoms with van der Waals surface area (Å²) in [5, 5.41) is 2.79. The maximum atomic E-state index is 10.6. The molecule has 0 aromatic heterocycles. The Bertz CT molecular complexity index is 124. The Labute approximate surface area is 54.6 Å². The Kier molecular flexibility index (Phi) is 1.71. The highest BCUT2D eigenvalue weighted by molar-refractivity contribution is 5.78. The van der Waals surface area contributed by atoms with Gasteiger partial charge in [0.2, 0.25) is 5.91 Å². The molecule has 1 aliphatic rings. The van der Waals surface area contributed by atoms with Gasteiger partial charge in [-0.25, -0.2) is 0 Å². The molecule has 3 nitrogen and oxygen atoms in total. The van der Waals surface area contributed by atoms with Crippen LogP contribution in [0, 0.1) is 5.92 Å². The molecule has 1 saturated carbocycles. The fraction of sp³-hybridized carbons (Fsp3) is 0.833. The summed E-state index contributed by atoms with van der Waals surface area (Å²) >= 11 is 0. The van der Waals surface area contributed by atoms with Crippen molar-refractivity contribution < 1.29 is 4.79 Å². The van der Waals surface area contributed by atoms with Crippen molar-refractivity contribution in [3.63, 3.8) is 0 Å². The van der Waals surface area contributed by atoms with Gasteiger partial charge in [0, 0.05) is 6.04 Å². The van der Waals surface area contributed by atoms with Gasteiger partial charge in [0.05, 0.1) is 6.54 Å². The van der Waals surface area contributed by atoms with Gasteiger partial charge >= 0.3 is 0 Å². The fourth-order valence-corrected chi connectivity index (χ4v) is 0.789. The van der Waals surface area contributed by atoms with E-state index in [0.29, 0.717) is 12.0 Å². The highest BCUT2D eigenvalue weighted by Gasteiger charge is 2.33. The van der Waals surface area contributed by atoms with Gasteiger partial charge in [-0.2, -0.15) is 0 Å². The molecule has 3 heteroatoms. The lowest BCUT2D eigenvalue weighted by Crippen LogP contribution is -2.32. The molecule has 0 saturated heterocycles. The number of carbonyl (C=O) groups excluding carboxylic acids is 1. The Morgan fingerprint density at radius 2 is 2.44 bits per heavy atom. The monoisotopic (exact) mass is 128 g/mol. The van der Waals surface area contributed by atoms with E-state index in [0.717, 1.165) is 6.42 Å². The smallest absolute Gasteiger partial charge is 0.233 e. The molecule has 0 heterocycles. The topological polar surface area (TPSA) is 55.1 Å². The average molecular weight is 128 g/mol. The molecule has 1 rings (SSSR count). The molecular weight excluding hydrogens is 116 g/mol. The van der Waals surface area contributed by atoms with Gasteiger partial charge in [0.25, 0.3) is 0 Å². The fourth-order valence-electron chi connectivity index (χ4n) is 0.789. The van der Waals surface area contributed by atoms with E-state index in [-0.39, 0.29) is 12.5 Å². The molecular formula is C6H12N2O. The molecule has 9 heavy (non-hydrogen) atoms. The quantitative estimate of drug-likeness (QED) is 0.525. The first-order valence-corrected chi connectivity index (χ1v) is 3.23. The summed E-state index contributed by atoms with van der Waals surface area (Å²) in [4.78, 5) is 10.6. The summed E-state index contributed by atoms with van der Waals surface area (Å²) in [6.07, 6.45) is 1.12. The molecule has 0 spiro atoms. The van der Waals surface area contributed by atoms with E-state index in [1.807, 2.05) is 0 Å².